The van der Waals surface area contributed by atoms with Crippen LogP contribution < -0.4 is 0 Å². The molecule has 1 heterocycles. The maximum Gasteiger partial charge on any atom is 0.0749 e. The monoisotopic (exact) mass is 152 g/mol. The van der Waals surface area contributed by atoms with Gasteiger partial charge in [0.15, 0.2) is 0 Å². The van der Waals surface area contributed by atoms with Gasteiger partial charge in [-0.1, -0.05) is 12.1 Å². The lowest BCUT2D eigenvalue weighted by atomic mass is 10.4. The Morgan fingerprint density at radius 3 is 3.18 bits per heavy atom. The molecule has 11 heavy (non-hydrogen) atoms. The van der Waals surface area contributed by atoms with Gasteiger partial charge in [0.1, 0.15) is 0 Å². The minimum Gasteiger partial charge on any atom is -0.411 e. The van der Waals surface area contributed by atoms with Crippen LogP contribution in [0.3, 0.4) is 0 Å². The maximum atomic E-state index is 8.22. The number of nitrogens with zero attached hydrogens (tertiary/aromatic N) is 2. The van der Waals surface area contributed by atoms with Crippen molar-refractivity contribution in [2.45, 2.75) is 19.9 Å². The molecule has 0 fully saturated rings. The van der Waals surface area contributed by atoms with Gasteiger partial charge in [-0.3, -0.25) is 0 Å². The zero-order chi connectivity index (χ0) is 8.10. The zero-order valence-electron chi connectivity index (χ0n) is 6.57. The fourth-order valence-corrected chi connectivity index (χ4v) is 1.000. The van der Waals surface area contributed by atoms with E-state index in [-0.39, 0.29) is 0 Å². The first-order valence-electron chi connectivity index (χ1n) is 3.70. The third kappa shape index (κ3) is 2.11. The van der Waals surface area contributed by atoms with E-state index in [4.69, 9.17) is 5.21 Å². The van der Waals surface area contributed by atoms with Gasteiger partial charge >= 0.3 is 0 Å². The summed E-state index contributed by atoms with van der Waals surface area (Å²) in [6.07, 6.45) is 6.46. The van der Waals surface area contributed by atoms with Gasteiger partial charge in [0.2, 0.25) is 0 Å². The summed E-state index contributed by atoms with van der Waals surface area (Å²) < 4.78 is 2.07. The lowest BCUT2D eigenvalue weighted by molar-refractivity contribution is 0.322. The molecule has 1 rings (SSSR count). The third-order valence-corrected chi connectivity index (χ3v) is 1.46. The van der Waals surface area contributed by atoms with E-state index in [0.29, 0.717) is 0 Å². The zero-order valence-corrected chi connectivity index (χ0v) is 6.57. The van der Waals surface area contributed by atoms with Crippen LogP contribution in [0.5, 0.6) is 0 Å². The highest BCUT2D eigenvalue weighted by Crippen LogP contribution is 1.98. The van der Waals surface area contributed by atoms with E-state index in [1.165, 1.54) is 6.21 Å². The highest BCUT2D eigenvalue weighted by Gasteiger charge is 1.91. The van der Waals surface area contributed by atoms with E-state index in [9.17, 15) is 0 Å². The molecule has 0 atom stereocenters. The first-order valence-corrected chi connectivity index (χ1v) is 3.70. The number of aromatic nitrogens is 1. The summed E-state index contributed by atoms with van der Waals surface area (Å²) in [5.74, 6) is 0. The quantitative estimate of drug-likeness (QED) is 0.399. The number of rotatable bonds is 3. The Morgan fingerprint density at radius 2 is 2.55 bits per heavy atom. The molecule has 0 amide bonds. The van der Waals surface area contributed by atoms with Crippen molar-refractivity contribution in [3.63, 3.8) is 0 Å². The van der Waals surface area contributed by atoms with Gasteiger partial charge in [-0.05, 0) is 12.5 Å². The molecule has 0 saturated heterocycles. The number of aryl methyl sites for hydroxylation is 1. The molecular weight excluding hydrogens is 140 g/mol. The molecule has 3 heteroatoms. The molecule has 1 aromatic rings. The fourth-order valence-electron chi connectivity index (χ4n) is 1.000. The summed E-state index contributed by atoms with van der Waals surface area (Å²) in [4.78, 5) is 0. The molecule has 0 radical (unpaired) electrons. The Labute approximate surface area is 66.0 Å². The van der Waals surface area contributed by atoms with Crippen molar-refractivity contribution in [3.05, 3.63) is 24.0 Å². The SMILES string of the molecule is CCCn1ccc(C=NO)c1. The molecule has 0 unspecified atom stereocenters. The molecule has 60 valence electrons. The Balaban J connectivity index is 2.65. The van der Waals surface area contributed by atoms with Crippen molar-refractivity contribution in [2.24, 2.45) is 5.16 Å². The third-order valence-electron chi connectivity index (χ3n) is 1.46. The standard InChI is InChI=1S/C8H12N2O/c1-2-4-10-5-3-8(7-10)6-9-11/h3,5-7,11H,2,4H2,1H3. The van der Waals surface area contributed by atoms with Crippen molar-refractivity contribution in [3.8, 4) is 0 Å². The molecule has 0 aliphatic rings. The van der Waals surface area contributed by atoms with Gasteiger partial charge in [-0.2, -0.15) is 0 Å². The summed E-state index contributed by atoms with van der Waals surface area (Å²) in [5.41, 5.74) is 0.931. The fraction of sp³-hybridized carbons (Fsp3) is 0.375. The Hall–Kier alpha value is -1.25. The van der Waals surface area contributed by atoms with Crippen LogP contribution in [0, 0.1) is 0 Å². The number of hydrogen-bond acceptors (Lipinski definition) is 2. The van der Waals surface area contributed by atoms with Gasteiger partial charge in [0.05, 0.1) is 6.21 Å². The maximum absolute atomic E-state index is 8.22. The summed E-state index contributed by atoms with van der Waals surface area (Å²) >= 11 is 0. The Morgan fingerprint density at radius 1 is 1.73 bits per heavy atom. The molecule has 1 N–H and O–H groups in total. The Kier molecular flexibility index (Phi) is 2.72. The van der Waals surface area contributed by atoms with Crippen LogP contribution in [0.1, 0.15) is 18.9 Å². The molecule has 0 aliphatic carbocycles. The molecule has 1 aromatic heterocycles. The lowest BCUT2D eigenvalue weighted by Crippen LogP contribution is -1.90. The van der Waals surface area contributed by atoms with Crippen LogP contribution in [0.2, 0.25) is 0 Å². The Bertz CT molecular complexity index is 240. The minimum atomic E-state index is 0.931. The number of oxime groups is 1. The average Bonchev–Trinajstić information content (AvgIpc) is 2.38. The van der Waals surface area contributed by atoms with E-state index >= 15 is 0 Å². The number of hydrogen-bond donors (Lipinski definition) is 1. The van der Waals surface area contributed by atoms with Crippen LogP contribution >= 0.6 is 0 Å². The highest BCUT2D eigenvalue weighted by molar-refractivity contribution is 5.78. The van der Waals surface area contributed by atoms with Crippen LogP contribution in [0.15, 0.2) is 23.6 Å². The summed E-state index contributed by atoms with van der Waals surface area (Å²) in [6.45, 7) is 3.14. The van der Waals surface area contributed by atoms with Crippen LogP contribution in [-0.2, 0) is 6.54 Å². The topological polar surface area (TPSA) is 37.5 Å². The van der Waals surface area contributed by atoms with E-state index in [0.717, 1.165) is 18.5 Å². The summed E-state index contributed by atoms with van der Waals surface area (Å²) in [6, 6.07) is 1.91. The van der Waals surface area contributed by atoms with E-state index in [2.05, 4.69) is 16.6 Å². The summed E-state index contributed by atoms with van der Waals surface area (Å²) in [5, 5.41) is 11.2. The smallest absolute Gasteiger partial charge is 0.0749 e. The summed E-state index contributed by atoms with van der Waals surface area (Å²) in [7, 11) is 0. The molecule has 0 bridgehead atoms. The first-order chi connectivity index (χ1) is 5.36. The lowest BCUT2D eigenvalue weighted by Gasteiger charge is -1.95. The van der Waals surface area contributed by atoms with Crippen molar-refractivity contribution in [1.29, 1.82) is 0 Å². The second-order valence-corrected chi connectivity index (χ2v) is 2.43. The molecule has 0 spiro atoms. The second-order valence-electron chi connectivity index (χ2n) is 2.43. The van der Waals surface area contributed by atoms with Gasteiger partial charge in [0, 0.05) is 24.5 Å². The van der Waals surface area contributed by atoms with Gasteiger partial charge < -0.3 is 9.77 Å². The normalized spacial score (nSPS) is 11.0. The van der Waals surface area contributed by atoms with Crippen molar-refractivity contribution in [2.75, 3.05) is 0 Å². The van der Waals surface area contributed by atoms with Crippen molar-refractivity contribution in [1.82, 2.24) is 4.57 Å². The van der Waals surface area contributed by atoms with Crippen LogP contribution in [-0.4, -0.2) is 16.0 Å². The van der Waals surface area contributed by atoms with E-state index in [1.54, 1.807) is 0 Å². The van der Waals surface area contributed by atoms with Crippen molar-refractivity contribution >= 4 is 6.21 Å². The molecular formula is C8H12N2O. The van der Waals surface area contributed by atoms with Crippen LogP contribution in [0.4, 0.5) is 0 Å². The van der Waals surface area contributed by atoms with Gasteiger partial charge in [-0.25, -0.2) is 0 Å². The van der Waals surface area contributed by atoms with Crippen LogP contribution in [0.25, 0.3) is 0 Å². The molecule has 0 aliphatic heterocycles. The second kappa shape index (κ2) is 3.81. The molecule has 0 saturated carbocycles. The molecule has 3 nitrogen and oxygen atoms in total. The van der Waals surface area contributed by atoms with Gasteiger partial charge in [0.25, 0.3) is 0 Å². The van der Waals surface area contributed by atoms with E-state index < -0.39 is 0 Å². The van der Waals surface area contributed by atoms with E-state index in [1.807, 2.05) is 18.5 Å². The molecule has 0 aromatic carbocycles. The largest absolute Gasteiger partial charge is 0.411 e. The van der Waals surface area contributed by atoms with Gasteiger partial charge in [-0.15, -0.1) is 0 Å². The van der Waals surface area contributed by atoms with Crippen molar-refractivity contribution < 1.29 is 5.21 Å². The average molecular weight is 152 g/mol. The predicted octanol–water partition coefficient (Wildman–Crippen LogP) is 1.71. The first kappa shape index (κ1) is 7.85. The highest BCUT2D eigenvalue weighted by atomic mass is 16.4. The predicted molar refractivity (Wildman–Crippen MR) is 44.1 cm³/mol. The minimum absolute atomic E-state index is 0.931.